The standard InChI is InChI=1S/C22H24N2O4S/c1-3-27-18-11-10-15(13-19(18)26-2)21(25)24(14-16-7-6-12-28-16)22-23-17-8-4-5-9-20(17)29-22/h4-5,8-11,13,16H,3,6-7,12,14H2,1-2H3. The maximum Gasteiger partial charge on any atom is 0.260 e. The molecule has 2 heterocycles. The van der Waals surface area contributed by atoms with Crippen LogP contribution in [-0.4, -0.2) is 43.9 Å². The van der Waals surface area contributed by atoms with E-state index in [4.69, 9.17) is 19.2 Å². The Labute approximate surface area is 174 Å². The van der Waals surface area contributed by atoms with E-state index in [0.717, 1.165) is 29.7 Å². The van der Waals surface area contributed by atoms with Gasteiger partial charge in [-0.2, -0.15) is 0 Å². The van der Waals surface area contributed by atoms with Crippen LogP contribution < -0.4 is 14.4 Å². The number of carbonyl (C=O) groups excluding carboxylic acids is 1. The number of fused-ring (bicyclic) bond motifs is 1. The average Bonchev–Trinajstić information content (AvgIpc) is 3.41. The van der Waals surface area contributed by atoms with Crippen LogP contribution in [0.1, 0.15) is 30.1 Å². The number of benzene rings is 2. The molecule has 1 amide bonds. The molecule has 3 aromatic rings. The second-order valence-electron chi connectivity index (χ2n) is 6.81. The number of para-hydroxylation sites is 1. The number of carbonyl (C=O) groups is 1. The number of ether oxygens (including phenoxy) is 3. The van der Waals surface area contributed by atoms with Crippen molar-refractivity contribution >= 4 is 32.6 Å². The predicted molar refractivity (Wildman–Crippen MR) is 114 cm³/mol. The largest absolute Gasteiger partial charge is 0.493 e. The van der Waals surface area contributed by atoms with Crippen molar-refractivity contribution in [2.24, 2.45) is 0 Å². The van der Waals surface area contributed by atoms with Gasteiger partial charge < -0.3 is 14.2 Å². The Morgan fingerprint density at radius 3 is 2.86 bits per heavy atom. The van der Waals surface area contributed by atoms with E-state index in [1.54, 1.807) is 30.2 Å². The van der Waals surface area contributed by atoms with Crippen LogP contribution >= 0.6 is 11.3 Å². The highest BCUT2D eigenvalue weighted by Gasteiger charge is 2.27. The molecule has 0 radical (unpaired) electrons. The summed E-state index contributed by atoms with van der Waals surface area (Å²) in [6.07, 6.45) is 1.99. The smallest absolute Gasteiger partial charge is 0.260 e. The van der Waals surface area contributed by atoms with Crippen LogP contribution in [-0.2, 0) is 4.74 Å². The monoisotopic (exact) mass is 412 g/mol. The van der Waals surface area contributed by atoms with E-state index in [1.807, 2.05) is 31.2 Å². The lowest BCUT2D eigenvalue weighted by molar-refractivity contribution is 0.0917. The zero-order chi connectivity index (χ0) is 20.2. The molecule has 4 rings (SSSR count). The Morgan fingerprint density at radius 2 is 2.14 bits per heavy atom. The first kappa shape index (κ1) is 19.7. The molecule has 7 heteroatoms. The zero-order valence-corrected chi connectivity index (χ0v) is 17.4. The summed E-state index contributed by atoms with van der Waals surface area (Å²) in [5, 5.41) is 0.680. The van der Waals surface area contributed by atoms with Gasteiger partial charge in [-0.3, -0.25) is 9.69 Å². The molecule has 0 saturated carbocycles. The molecule has 1 fully saturated rings. The molecular weight excluding hydrogens is 388 g/mol. The van der Waals surface area contributed by atoms with Crippen LogP contribution in [0.25, 0.3) is 10.2 Å². The molecule has 1 saturated heterocycles. The van der Waals surface area contributed by atoms with Gasteiger partial charge in [-0.1, -0.05) is 23.5 Å². The summed E-state index contributed by atoms with van der Waals surface area (Å²) in [5.74, 6) is 1.04. The Kier molecular flexibility index (Phi) is 5.97. The second kappa shape index (κ2) is 8.80. The molecule has 6 nitrogen and oxygen atoms in total. The Bertz CT molecular complexity index is 964. The fraction of sp³-hybridized carbons (Fsp3) is 0.364. The lowest BCUT2D eigenvalue weighted by Gasteiger charge is -2.23. The van der Waals surface area contributed by atoms with Gasteiger partial charge in [0.15, 0.2) is 16.6 Å². The highest BCUT2D eigenvalue weighted by Crippen LogP contribution is 2.33. The van der Waals surface area contributed by atoms with E-state index in [1.165, 1.54) is 11.3 Å². The molecule has 0 N–H and O–H groups in total. The number of aromatic nitrogens is 1. The molecule has 152 valence electrons. The van der Waals surface area contributed by atoms with Crippen molar-refractivity contribution < 1.29 is 19.0 Å². The molecule has 0 bridgehead atoms. The summed E-state index contributed by atoms with van der Waals surface area (Å²) in [4.78, 5) is 19.9. The van der Waals surface area contributed by atoms with Crippen LogP contribution in [0.3, 0.4) is 0 Å². The van der Waals surface area contributed by atoms with E-state index in [2.05, 4.69) is 0 Å². The summed E-state index contributed by atoms with van der Waals surface area (Å²) < 4.78 is 17.8. The Hall–Kier alpha value is -2.64. The molecule has 29 heavy (non-hydrogen) atoms. The van der Waals surface area contributed by atoms with Gasteiger partial charge in [0, 0.05) is 12.2 Å². The van der Waals surface area contributed by atoms with Crippen molar-refractivity contribution in [2.45, 2.75) is 25.9 Å². The van der Waals surface area contributed by atoms with Gasteiger partial charge in [0.25, 0.3) is 5.91 Å². The van der Waals surface area contributed by atoms with Crippen LogP contribution in [0.4, 0.5) is 5.13 Å². The zero-order valence-electron chi connectivity index (χ0n) is 16.6. The number of nitrogens with zero attached hydrogens (tertiary/aromatic N) is 2. The molecule has 1 aromatic heterocycles. The second-order valence-corrected chi connectivity index (χ2v) is 7.82. The third-order valence-electron chi connectivity index (χ3n) is 4.88. The van der Waals surface area contributed by atoms with Crippen molar-refractivity contribution in [1.29, 1.82) is 0 Å². The van der Waals surface area contributed by atoms with Gasteiger partial charge in [0.05, 0.1) is 36.6 Å². The third-order valence-corrected chi connectivity index (χ3v) is 5.94. The normalized spacial score (nSPS) is 16.1. The number of amides is 1. The molecule has 2 aromatic carbocycles. The summed E-state index contributed by atoms with van der Waals surface area (Å²) in [6.45, 7) is 3.66. The van der Waals surface area contributed by atoms with Gasteiger partial charge in [-0.15, -0.1) is 0 Å². The van der Waals surface area contributed by atoms with Crippen molar-refractivity contribution in [3.8, 4) is 11.5 Å². The lowest BCUT2D eigenvalue weighted by Crippen LogP contribution is -2.37. The fourth-order valence-corrected chi connectivity index (χ4v) is 4.42. The number of hydrogen-bond acceptors (Lipinski definition) is 6. The van der Waals surface area contributed by atoms with E-state index in [9.17, 15) is 4.79 Å². The van der Waals surface area contributed by atoms with Crippen LogP contribution in [0.2, 0.25) is 0 Å². The Morgan fingerprint density at radius 1 is 1.28 bits per heavy atom. The first-order valence-electron chi connectivity index (χ1n) is 9.79. The maximum absolute atomic E-state index is 13.5. The minimum absolute atomic E-state index is 0.0237. The number of anilines is 1. The molecule has 1 unspecified atom stereocenters. The fourth-order valence-electron chi connectivity index (χ4n) is 3.45. The summed E-state index contributed by atoms with van der Waals surface area (Å²) in [5.41, 5.74) is 1.42. The minimum Gasteiger partial charge on any atom is -0.493 e. The molecule has 1 aliphatic rings. The molecule has 0 spiro atoms. The number of methoxy groups -OCH3 is 1. The van der Waals surface area contributed by atoms with E-state index in [0.29, 0.717) is 35.3 Å². The maximum atomic E-state index is 13.5. The van der Waals surface area contributed by atoms with Crippen LogP contribution in [0.5, 0.6) is 11.5 Å². The van der Waals surface area contributed by atoms with E-state index >= 15 is 0 Å². The summed E-state index contributed by atoms with van der Waals surface area (Å²) in [7, 11) is 1.57. The highest BCUT2D eigenvalue weighted by atomic mass is 32.1. The van der Waals surface area contributed by atoms with Gasteiger partial charge in [-0.25, -0.2) is 4.98 Å². The number of rotatable bonds is 7. The number of hydrogen-bond donors (Lipinski definition) is 0. The van der Waals surface area contributed by atoms with Crippen LogP contribution in [0, 0.1) is 0 Å². The first-order valence-corrected chi connectivity index (χ1v) is 10.6. The van der Waals surface area contributed by atoms with Crippen molar-refractivity contribution in [3.63, 3.8) is 0 Å². The average molecular weight is 413 g/mol. The molecule has 1 atom stereocenters. The molecule has 0 aliphatic carbocycles. The van der Waals surface area contributed by atoms with Gasteiger partial charge >= 0.3 is 0 Å². The quantitative estimate of drug-likeness (QED) is 0.571. The topological polar surface area (TPSA) is 60.9 Å². The van der Waals surface area contributed by atoms with Crippen molar-refractivity contribution in [2.75, 3.05) is 31.8 Å². The summed E-state index contributed by atoms with van der Waals surface area (Å²) in [6, 6.07) is 13.2. The van der Waals surface area contributed by atoms with E-state index < -0.39 is 0 Å². The van der Waals surface area contributed by atoms with Gasteiger partial charge in [0.2, 0.25) is 0 Å². The van der Waals surface area contributed by atoms with Gasteiger partial charge in [-0.05, 0) is 50.1 Å². The highest BCUT2D eigenvalue weighted by molar-refractivity contribution is 7.22. The third kappa shape index (κ3) is 4.21. The van der Waals surface area contributed by atoms with Crippen molar-refractivity contribution in [3.05, 3.63) is 48.0 Å². The number of thiazole rings is 1. The van der Waals surface area contributed by atoms with Gasteiger partial charge in [0.1, 0.15) is 0 Å². The lowest BCUT2D eigenvalue weighted by atomic mass is 10.1. The van der Waals surface area contributed by atoms with E-state index in [-0.39, 0.29) is 12.0 Å². The first-order chi connectivity index (χ1) is 14.2. The Balaban J connectivity index is 1.69. The molecule has 1 aliphatic heterocycles. The SMILES string of the molecule is CCOc1ccc(C(=O)N(CC2CCCO2)c2nc3ccccc3s2)cc1OC. The van der Waals surface area contributed by atoms with Crippen molar-refractivity contribution in [1.82, 2.24) is 4.98 Å². The molecular formula is C22H24N2O4S. The predicted octanol–water partition coefficient (Wildman–Crippen LogP) is 4.53. The minimum atomic E-state index is -0.124. The van der Waals surface area contributed by atoms with Crippen LogP contribution in [0.15, 0.2) is 42.5 Å². The summed E-state index contributed by atoms with van der Waals surface area (Å²) >= 11 is 1.52.